The van der Waals surface area contributed by atoms with Crippen LogP contribution in [0.25, 0.3) is 0 Å². The molecule has 104 valence electrons. The lowest BCUT2D eigenvalue weighted by atomic mass is 9.94. The van der Waals surface area contributed by atoms with Gasteiger partial charge in [0.2, 0.25) is 5.91 Å². The van der Waals surface area contributed by atoms with E-state index in [0.29, 0.717) is 6.54 Å². The summed E-state index contributed by atoms with van der Waals surface area (Å²) in [6, 6.07) is 7.99. The molecule has 0 fully saturated rings. The molecule has 1 aliphatic rings. The molecule has 1 aliphatic heterocycles. The molecule has 2 rings (SSSR count). The lowest BCUT2D eigenvalue weighted by Gasteiger charge is -2.26. The standard InChI is InChI=1S/C15H23N3O/c1-3-18(2)11-10-17-15(19)14-13-7-5-4-6-12(13)8-9-16-14/h4-7,14,16H,3,8-11H2,1-2H3,(H,17,19). The molecule has 1 amide bonds. The Morgan fingerprint density at radius 3 is 3.05 bits per heavy atom. The predicted molar refractivity (Wildman–Crippen MR) is 77.1 cm³/mol. The van der Waals surface area contributed by atoms with Crippen molar-refractivity contribution in [2.24, 2.45) is 0 Å². The van der Waals surface area contributed by atoms with Crippen molar-refractivity contribution in [2.75, 3.05) is 33.2 Å². The summed E-state index contributed by atoms with van der Waals surface area (Å²) in [4.78, 5) is 14.4. The maximum absolute atomic E-state index is 12.2. The van der Waals surface area contributed by atoms with E-state index in [9.17, 15) is 4.79 Å². The quantitative estimate of drug-likeness (QED) is 0.829. The highest BCUT2D eigenvalue weighted by atomic mass is 16.2. The van der Waals surface area contributed by atoms with E-state index in [4.69, 9.17) is 0 Å². The SMILES string of the molecule is CCN(C)CCNC(=O)C1NCCc2ccccc21. The summed E-state index contributed by atoms with van der Waals surface area (Å²) in [6.07, 6.45) is 0.999. The van der Waals surface area contributed by atoms with Crippen LogP contribution in [-0.2, 0) is 11.2 Å². The number of rotatable bonds is 5. The monoisotopic (exact) mass is 261 g/mol. The average molecular weight is 261 g/mol. The van der Waals surface area contributed by atoms with E-state index in [0.717, 1.165) is 31.6 Å². The van der Waals surface area contributed by atoms with Crippen molar-refractivity contribution in [3.8, 4) is 0 Å². The largest absolute Gasteiger partial charge is 0.353 e. The van der Waals surface area contributed by atoms with Gasteiger partial charge in [0.25, 0.3) is 0 Å². The third-order valence-electron chi connectivity index (χ3n) is 3.70. The Labute approximate surface area is 115 Å². The summed E-state index contributed by atoms with van der Waals surface area (Å²) in [5.41, 5.74) is 2.40. The van der Waals surface area contributed by atoms with Crippen molar-refractivity contribution in [1.29, 1.82) is 0 Å². The Bertz CT molecular complexity index is 433. The molecular weight excluding hydrogens is 238 g/mol. The average Bonchev–Trinajstić information content (AvgIpc) is 2.46. The Hall–Kier alpha value is -1.39. The maximum atomic E-state index is 12.2. The highest BCUT2D eigenvalue weighted by molar-refractivity contribution is 5.83. The van der Waals surface area contributed by atoms with Gasteiger partial charge >= 0.3 is 0 Å². The first kappa shape index (κ1) is 14.0. The Morgan fingerprint density at radius 2 is 2.26 bits per heavy atom. The van der Waals surface area contributed by atoms with Gasteiger partial charge in [-0.3, -0.25) is 4.79 Å². The molecule has 4 heteroatoms. The van der Waals surface area contributed by atoms with Gasteiger partial charge in [-0.2, -0.15) is 0 Å². The first-order valence-corrected chi connectivity index (χ1v) is 6.99. The van der Waals surface area contributed by atoms with E-state index in [1.807, 2.05) is 18.2 Å². The molecule has 1 unspecified atom stereocenters. The summed E-state index contributed by atoms with van der Waals surface area (Å²) in [5, 5.41) is 6.32. The summed E-state index contributed by atoms with van der Waals surface area (Å²) in [5.74, 6) is 0.0802. The minimum atomic E-state index is -0.197. The third-order valence-corrected chi connectivity index (χ3v) is 3.70. The van der Waals surface area contributed by atoms with Crippen LogP contribution in [0.4, 0.5) is 0 Å². The smallest absolute Gasteiger partial charge is 0.241 e. The molecular formula is C15H23N3O. The van der Waals surface area contributed by atoms with E-state index in [1.165, 1.54) is 5.56 Å². The number of likely N-dealkylation sites (N-methyl/N-ethyl adjacent to an activating group) is 1. The lowest BCUT2D eigenvalue weighted by molar-refractivity contribution is -0.123. The molecule has 1 aromatic rings. The number of carbonyl (C=O) groups excluding carboxylic acids is 1. The van der Waals surface area contributed by atoms with Crippen LogP contribution in [0.5, 0.6) is 0 Å². The molecule has 2 N–H and O–H groups in total. The van der Waals surface area contributed by atoms with Gasteiger partial charge in [-0.1, -0.05) is 31.2 Å². The predicted octanol–water partition coefficient (Wildman–Crippen LogP) is 0.941. The van der Waals surface area contributed by atoms with Gasteiger partial charge in [0, 0.05) is 19.6 Å². The van der Waals surface area contributed by atoms with Gasteiger partial charge in [-0.05, 0) is 31.1 Å². The summed E-state index contributed by atoms with van der Waals surface area (Å²) in [6.45, 7) is 5.56. The topological polar surface area (TPSA) is 44.4 Å². The van der Waals surface area contributed by atoms with Gasteiger partial charge < -0.3 is 15.5 Å². The number of nitrogens with one attached hydrogen (secondary N) is 2. The maximum Gasteiger partial charge on any atom is 0.241 e. The number of benzene rings is 1. The van der Waals surface area contributed by atoms with Gasteiger partial charge in [-0.25, -0.2) is 0 Å². The molecule has 1 atom stereocenters. The molecule has 0 bridgehead atoms. The summed E-state index contributed by atoms with van der Waals surface area (Å²) in [7, 11) is 2.06. The first-order chi connectivity index (χ1) is 9.22. The van der Waals surface area contributed by atoms with E-state index < -0.39 is 0 Å². The van der Waals surface area contributed by atoms with Crippen molar-refractivity contribution in [2.45, 2.75) is 19.4 Å². The minimum absolute atomic E-state index is 0.0802. The van der Waals surface area contributed by atoms with Crippen LogP contribution < -0.4 is 10.6 Å². The number of hydrogen-bond acceptors (Lipinski definition) is 3. The Kier molecular flexibility index (Phi) is 4.93. The highest BCUT2D eigenvalue weighted by Gasteiger charge is 2.25. The second kappa shape index (κ2) is 6.68. The van der Waals surface area contributed by atoms with Crippen LogP contribution in [0, 0.1) is 0 Å². The normalized spacial score (nSPS) is 18.2. The van der Waals surface area contributed by atoms with Crippen LogP contribution in [0.3, 0.4) is 0 Å². The van der Waals surface area contributed by atoms with Crippen LogP contribution in [0.15, 0.2) is 24.3 Å². The summed E-state index contributed by atoms with van der Waals surface area (Å²) >= 11 is 0. The van der Waals surface area contributed by atoms with Gasteiger partial charge in [0.15, 0.2) is 0 Å². The number of hydrogen-bond donors (Lipinski definition) is 2. The fourth-order valence-electron chi connectivity index (χ4n) is 2.37. The number of amides is 1. The zero-order chi connectivity index (χ0) is 13.7. The molecule has 0 spiro atoms. The number of carbonyl (C=O) groups is 1. The Balaban J connectivity index is 1.93. The fraction of sp³-hybridized carbons (Fsp3) is 0.533. The van der Waals surface area contributed by atoms with Crippen LogP contribution in [-0.4, -0.2) is 44.0 Å². The number of nitrogens with zero attached hydrogens (tertiary/aromatic N) is 1. The van der Waals surface area contributed by atoms with Gasteiger partial charge in [-0.15, -0.1) is 0 Å². The molecule has 1 aromatic carbocycles. The van der Waals surface area contributed by atoms with Crippen molar-refractivity contribution in [3.05, 3.63) is 35.4 Å². The molecule has 0 aromatic heterocycles. The molecule has 4 nitrogen and oxygen atoms in total. The highest BCUT2D eigenvalue weighted by Crippen LogP contribution is 2.22. The van der Waals surface area contributed by atoms with Gasteiger partial charge in [0.05, 0.1) is 0 Å². The van der Waals surface area contributed by atoms with Crippen LogP contribution in [0.1, 0.15) is 24.1 Å². The van der Waals surface area contributed by atoms with Crippen LogP contribution in [0.2, 0.25) is 0 Å². The molecule has 0 aliphatic carbocycles. The summed E-state index contributed by atoms with van der Waals surface area (Å²) < 4.78 is 0. The van der Waals surface area contributed by atoms with E-state index in [-0.39, 0.29) is 11.9 Å². The zero-order valence-corrected chi connectivity index (χ0v) is 11.8. The first-order valence-electron chi connectivity index (χ1n) is 6.99. The minimum Gasteiger partial charge on any atom is -0.353 e. The fourth-order valence-corrected chi connectivity index (χ4v) is 2.37. The van der Waals surface area contributed by atoms with Crippen LogP contribution >= 0.6 is 0 Å². The number of fused-ring (bicyclic) bond motifs is 1. The molecule has 19 heavy (non-hydrogen) atoms. The van der Waals surface area contributed by atoms with Crippen molar-refractivity contribution in [3.63, 3.8) is 0 Å². The van der Waals surface area contributed by atoms with Crippen molar-refractivity contribution < 1.29 is 4.79 Å². The second-order valence-corrected chi connectivity index (χ2v) is 5.02. The van der Waals surface area contributed by atoms with Crippen molar-refractivity contribution in [1.82, 2.24) is 15.5 Å². The van der Waals surface area contributed by atoms with E-state index in [2.05, 4.69) is 35.6 Å². The van der Waals surface area contributed by atoms with Gasteiger partial charge in [0.1, 0.15) is 6.04 Å². The molecule has 0 saturated heterocycles. The third kappa shape index (κ3) is 3.55. The molecule has 0 saturated carbocycles. The second-order valence-electron chi connectivity index (χ2n) is 5.02. The van der Waals surface area contributed by atoms with E-state index >= 15 is 0 Å². The van der Waals surface area contributed by atoms with Crippen molar-refractivity contribution >= 4 is 5.91 Å². The zero-order valence-electron chi connectivity index (χ0n) is 11.8. The molecule has 1 heterocycles. The molecule has 0 radical (unpaired) electrons. The lowest BCUT2D eigenvalue weighted by Crippen LogP contribution is -2.43. The van der Waals surface area contributed by atoms with E-state index in [1.54, 1.807) is 0 Å². The Morgan fingerprint density at radius 1 is 1.47 bits per heavy atom.